The highest BCUT2D eigenvalue weighted by Crippen LogP contribution is 2.21. The Hall–Kier alpha value is -0.800. The molecule has 0 aliphatic rings. The second-order valence-corrected chi connectivity index (χ2v) is 5.63. The van der Waals surface area contributed by atoms with Crippen molar-refractivity contribution >= 4 is 34.8 Å². The van der Waals surface area contributed by atoms with Crippen LogP contribution < -0.4 is 5.32 Å². The van der Waals surface area contributed by atoms with Crippen molar-refractivity contribution < 1.29 is 4.39 Å². The van der Waals surface area contributed by atoms with Crippen LogP contribution in [-0.4, -0.2) is 6.54 Å². The third-order valence-corrected chi connectivity index (χ3v) is 3.81. The molecule has 0 radical (unpaired) electrons. The predicted octanol–water partition coefficient (Wildman–Crippen LogP) is 5.12. The summed E-state index contributed by atoms with van der Waals surface area (Å²) >= 11 is 17.6. The predicted molar refractivity (Wildman–Crippen MR) is 83.3 cm³/mol. The van der Waals surface area contributed by atoms with Gasteiger partial charge in [-0.1, -0.05) is 53.0 Å². The van der Waals surface area contributed by atoms with E-state index < -0.39 is 0 Å². The maximum Gasteiger partial charge on any atom is 0.146 e. The van der Waals surface area contributed by atoms with Gasteiger partial charge in [0.15, 0.2) is 0 Å². The lowest BCUT2D eigenvalue weighted by Crippen LogP contribution is -2.17. The van der Waals surface area contributed by atoms with E-state index in [4.69, 9.17) is 34.8 Å². The van der Waals surface area contributed by atoms with E-state index in [0.29, 0.717) is 28.7 Å². The molecule has 0 saturated carbocycles. The minimum absolute atomic E-state index is 0.144. The Kier molecular flexibility index (Phi) is 5.67. The van der Waals surface area contributed by atoms with Gasteiger partial charge in [0, 0.05) is 22.2 Å². The fourth-order valence-corrected chi connectivity index (χ4v) is 2.55. The molecule has 1 N–H and O–H groups in total. The smallest absolute Gasteiger partial charge is 0.146 e. The van der Waals surface area contributed by atoms with Gasteiger partial charge in [0.05, 0.1) is 5.02 Å². The zero-order chi connectivity index (χ0) is 14.5. The fraction of sp³-hybridized carbons (Fsp3) is 0.200. The molecule has 2 rings (SSSR count). The average Bonchev–Trinajstić information content (AvgIpc) is 2.41. The zero-order valence-electron chi connectivity index (χ0n) is 10.6. The van der Waals surface area contributed by atoms with Crippen molar-refractivity contribution in [2.75, 3.05) is 6.54 Å². The quantitative estimate of drug-likeness (QED) is 0.750. The summed E-state index contributed by atoms with van der Waals surface area (Å²) in [5.74, 6) is -0.369. The van der Waals surface area contributed by atoms with Gasteiger partial charge < -0.3 is 5.32 Å². The van der Waals surface area contributed by atoms with E-state index in [2.05, 4.69) is 5.32 Å². The minimum atomic E-state index is -0.369. The molecule has 0 amide bonds. The Morgan fingerprint density at radius 3 is 2.50 bits per heavy atom. The number of hydrogen-bond acceptors (Lipinski definition) is 1. The first-order valence-electron chi connectivity index (χ1n) is 6.15. The van der Waals surface area contributed by atoms with Crippen molar-refractivity contribution in [2.45, 2.75) is 13.0 Å². The van der Waals surface area contributed by atoms with Crippen LogP contribution in [0.5, 0.6) is 0 Å². The van der Waals surface area contributed by atoms with Gasteiger partial charge in [0.1, 0.15) is 5.82 Å². The standard InChI is InChI=1S/C15H13Cl3FN/c16-12-5-4-10(14(18)8-12)6-7-20-9-11-2-1-3-13(17)15(11)19/h1-5,8,20H,6-7,9H2. The van der Waals surface area contributed by atoms with E-state index in [-0.39, 0.29) is 10.8 Å². The number of hydrogen-bond donors (Lipinski definition) is 1. The van der Waals surface area contributed by atoms with E-state index in [1.165, 1.54) is 6.07 Å². The molecule has 2 aromatic rings. The molecule has 0 atom stereocenters. The van der Waals surface area contributed by atoms with Crippen LogP contribution >= 0.6 is 34.8 Å². The lowest BCUT2D eigenvalue weighted by Gasteiger charge is -2.08. The molecule has 20 heavy (non-hydrogen) atoms. The lowest BCUT2D eigenvalue weighted by atomic mass is 10.1. The number of halogens is 4. The Bertz CT molecular complexity index is 602. The van der Waals surface area contributed by atoms with Gasteiger partial charge >= 0.3 is 0 Å². The normalized spacial score (nSPS) is 10.8. The molecule has 0 heterocycles. The molecule has 106 valence electrons. The van der Waals surface area contributed by atoms with Gasteiger partial charge in [0.2, 0.25) is 0 Å². The number of rotatable bonds is 5. The molecule has 1 nitrogen and oxygen atoms in total. The first-order chi connectivity index (χ1) is 9.58. The third kappa shape index (κ3) is 4.10. The molecular weight excluding hydrogens is 320 g/mol. The second kappa shape index (κ2) is 7.28. The Labute approximate surface area is 132 Å². The molecule has 2 aromatic carbocycles. The summed E-state index contributed by atoms with van der Waals surface area (Å²) in [4.78, 5) is 0. The van der Waals surface area contributed by atoms with E-state index >= 15 is 0 Å². The SMILES string of the molecule is Fc1c(Cl)cccc1CNCCc1ccc(Cl)cc1Cl. The van der Waals surface area contributed by atoms with Crippen LogP contribution in [0.4, 0.5) is 4.39 Å². The molecule has 0 aliphatic carbocycles. The Balaban J connectivity index is 1.86. The molecule has 0 aromatic heterocycles. The van der Waals surface area contributed by atoms with Gasteiger partial charge in [-0.2, -0.15) is 0 Å². The monoisotopic (exact) mass is 331 g/mol. The minimum Gasteiger partial charge on any atom is -0.312 e. The highest BCUT2D eigenvalue weighted by atomic mass is 35.5. The maximum absolute atomic E-state index is 13.7. The molecule has 0 saturated heterocycles. The number of benzene rings is 2. The summed E-state index contributed by atoms with van der Waals surface area (Å²) in [6, 6.07) is 10.4. The molecule has 0 fully saturated rings. The molecular formula is C15H13Cl3FN. The summed E-state index contributed by atoms with van der Waals surface area (Å²) < 4.78 is 13.7. The van der Waals surface area contributed by atoms with Gasteiger partial charge in [-0.15, -0.1) is 0 Å². The zero-order valence-corrected chi connectivity index (χ0v) is 12.9. The Morgan fingerprint density at radius 2 is 1.75 bits per heavy atom. The van der Waals surface area contributed by atoms with Crippen LogP contribution in [0, 0.1) is 5.82 Å². The van der Waals surface area contributed by atoms with Crippen molar-refractivity contribution in [2.24, 2.45) is 0 Å². The third-order valence-electron chi connectivity index (χ3n) is 2.93. The Morgan fingerprint density at radius 1 is 0.950 bits per heavy atom. The van der Waals surface area contributed by atoms with Crippen molar-refractivity contribution in [1.82, 2.24) is 5.32 Å². The summed E-state index contributed by atoms with van der Waals surface area (Å²) in [6.45, 7) is 1.12. The van der Waals surface area contributed by atoms with Crippen LogP contribution in [0.1, 0.15) is 11.1 Å². The summed E-state index contributed by atoms with van der Waals surface area (Å²) in [5, 5.41) is 4.58. The maximum atomic E-state index is 13.7. The van der Waals surface area contributed by atoms with Crippen LogP contribution in [0.3, 0.4) is 0 Å². The highest BCUT2D eigenvalue weighted by Gasteiger charge is 2.06. The van der Waals surface area contributed by atoms with E-state index in [9.17, 15) is 4.39 Å². The molecule has 5 heteroatoms. The van der Waals surface area contributed by atoms with Crippen molar-refractivity contribution in [1.29, 1.82) is 0 Å². The highest BCUT2D eigenvalue weighted by molar-refractivity contribution is 6.35. The number of nitrogens with one attached hydrogen (secondary N) is 1. The fourth-order valence-electron chi connectivity index (χ4n) is 1.86. The summed E-state index contributed by atoms with van der Waals surface area (Å²) in [5.41, 5.74) is 1.56. The van der Waals surface area contributed by atoms with Gasteiger partial charge in [0.25, 0.3) is 0 Å². The van der Waals surface area contributed by atoms with Crippen molar-refractivity contribution in [3.05, 3.63) is 68.4 Å². The van der Waals surface area contributed by atoms with Crippen LogP contribution in [0.15, 0.2) is 36.4 Å². The topological polar surface area (TPSA) is 12.0 Å². The molecule has 0 aliphatic heterocycles. The van der Waals surface area contributed by atoms with Gasteiger partial charge in [-0.05, 0) is 36.7 Å². The van der Waals surface area contributed by atoms with Crippen molar-refractivity contribution in [3.63, 3.8) is 0 Å². The largest absolute Gasteiger partial charge is 0.312 e. The second-order valence-electron chi connectivity index (χ2n) is 4.38. The molecule has 0 spiro atoms. The van der Waals surface area contributed by atoms with Crippen LogP contribution in [0.25, 0.3) is 0 Å². The molecule has 0 unspecified atom stereocenters. The van der Waals surface area contributed by atoms with Gasteiger partial charge in [-0.25, -0.2) is 4.39 Å². The van der Waals surface area contributed by atoms with Crippen LogP contribution in [0.2, 0.25) is 15.1 Å². The van der Waals surface area contributed by atoms with Crippen LogP contribution in [-0.2, 0) is 13.0 Å². The summed E-state index contributed by atoms with van der Waals surface area (Å²) in [7, 11) is 0. The first-order valence-corrected chi connectivity index (χ1v) is 7.29. The molecule has 0 bridgehead atoms. The van der Waals surface area contributed by atoms with E-state index in [1.807, 2.05) is 6.07 Å². The lowest BCUT2D eigenvalue weighted by molar-refractivity contribution is 0.589. The van der Waals surface area contributed by atoms with E-state index in [1.54, 1.807) is 24.3 Å². The van der Waals surface area contributed by atoms with Crippen molar-refractivity contribution in [3.8, 4) is 0 Å². The average molecular weight is 333 g/mol. The van der Waals surface area contributed by atoms with E-state index in [0.717, 1.165) is 12.0 Å². The first kappa shape index (κ1) is 15.6. The summed E-state index contributed by atoms with van der Waals surface area (Å²) in [6.07, 6.45) is 0.748. The van der Waals surface area contributed by atoms with Gasteiger partial charge in [-0.3, -0.25) is 0 Å².